The monoisotopic (exact) mass is 353 g/mol. The van der Waals surface area contributed by atoms with Crippen LogP contribution in [0.15, 0.2) is 54.6 Å². The summed E-state index contributed by atoms with van der Waals surface area (Å²) in [5.41, 5.74) is 0.696. The molecule has 0 aliphatic rings. The van der Waals surface area contributed by atoms with E-state index < -0.39 is 24.3 Å². The van der Waals surface area contributed by atoms with Crippen LogP contribution in [0.1, 0.15) is 15.9 Å². The molecule has 1 amide bonds. The fraction of sp³-hybridized carbons (Fsp3) is 0.100. The molecule has 2 N–H and O–H groups in total. The number of rotatable bonds is 4. The van der Waals surface area contributed by atoms with Gasteiger partial charge in [0.2, 0.25) is 0 Å². The minimum Gasteiger partial charge on any atom is -0.507 e. The van der Waals surface area contributed by atoms with Gasteiger partial charge in [-0.25, -0.2) is 9.18 Å². The molecule has 0 heterocycles. The van der Waals surface area contributed by atoms with E-state index in [1.807, 2.05) is 12.1 Å². The van der Waals surface area contributed by atoms with Crippen molar-refractivity contribution in [1.29, 1.82) is 0 Å². The van der Waals surface area contributed by atoms with Gasteiger partial charge in [0.15, 0.2) is 6.61 Å². The molecule has 132 valence electrons. The number of phenols is 1. The number of hydrogen-bond acceptors (Lipinski definition) is 4. The molecule has 0 fully saturated rings. The number of carbonyl (C=O) groups is 2. The van der Waals surface area contributed by atoms with Crippen molar-refractivity contribution in [2.45, 2.75) is 6.92 Å². The summed E-state index contributed by atoms with van der Waals surface area (Å²) in [4.78, 5) is 24.0. The number of anilines is 1. The van der Waals surface area contributed by atoms with E-state index in [2.05, 4.69) is 5.32 Å². The molecule has 0 aliphatic carbocycles. The van der Waals surface area contributed by atoms with Gasteiger partial charge in [-0.3, -0.25) is 4.79 Å². The fourth-order valence-corrected chi connectivity index (χ4v) is 2.47. The highest BCUT2D eigenvalue weighted by molar-refractivity contribution is 6.00. The summed E-state index contributed by atoms with van der Waals surface area (Å²) in [5.74, 6) is -2.10. The van der Waals surface area contributed by atoms with E-state index in [-0.39, 0.29) is 17.0 Å². The second-order valence-electron chi connectivity index (χ2n) is 5.80. The number of aromatic hydroxyl groups is 1. The van der Waals surface area contributed by atoms with E-state index in [4.69, 9.17) is 4.74 Å². The third-order valence-corrected chi connectivity index (χ3v) is 3.87. The van der Waals surface area contributed by atoms with Crippen molar-refractivity contribution in [2.24, 2.45) is 0 Å². The van der Waals surface area contributed by atoms with Gasteiger partial charge in [0.25, 0.3) is 5.91 Å². The third kappa shape index (κ3) is 3.80. The molecule has 0 saturated heterocycles. The van der Waals surface area contributed by atoms with Crippen LogP contribution in [0.3, 0.4) is 0 Å². The quantitative estimate of drug-likeness (QED) is 0.700. The lowest BCUT2D eigenvalue weighted by molar-refractivity contribution is -0.119. The summed E-state index contributed by atoms with van der Waals surface area (Å²) in [6.07, 6.45) is 0. The maximum absolute atomic E-state index is 13.5. The standard InChI is InChI=1S/C20H16FNO4/c1-12-6-7-15(10-17(12)21)22-19(24)11-26-20(25)16-8-13-4-2-3-5-14(13)9-18(16)23/h2-10,23H,11H2,1H3,(H,22,24). The number of ether oxygens (including phenoxy) is 1. The SMILES string of the molecule is Cc1ccc(NC(=O)COC(=O)c2cc3ccccc3cc2O)cc1F. The summed E-state index contributed by atoms with van der Waals surface area (Å²) >= 11 is 0. The highest BCUT2D eigenvalue weighted by Gasteiger charge is 2.16. The Morgan fingerprint density at radius 2 is 1.77 bits per heavy atom. The Morgan fingerprint density at radius 1 is 1.08 bits per heavy atom. The molecule has 0 aliphatic heterocycles. The summed E-state index contributed by atoms with van der Waals surface area (Å²) in [6.45, 7) is 1.05. The van der Waals surface area contributed by atoms with E-state index in [0.29, 0.717) is 5.56 Å². The predicted molar refractivity (Wildman–Crippen MR) is 95.7 cm³/mol. The predicted octanol–water partition coefficient (Wildman–Crippen LogP) is 3.79. The second kappa shape index (κ2) is 7.23. The second-order valence-corrected chi connectivity index (χ2v) is 5.80. The van der Waals surface area contributed by atoms with Crippen molar-refractivity contribution in [3.8, 4) is 5.75 Å². The number of amides is 1. The van der Waals surface area contributed by atoms with Gasteiger partial charge in [-0.1, -0.05) is 30.3 Å². The number of hydrogen-bond donors (Lipinski definition) is 2. The number of aryl methyl sites for hydroxylation is 1. The molecule has 0 saturated carbocycles. The lowest BCUT2D eigenvalue weighted by Gasteiger charge is -2.09. The first kappa shape index (κ1) is 17.4. The first-order valence-corrected chi connectivity index (χ1v) is 7.89. The molecule has 0 atom stereocenters. The van der Waals surface area contributed by atoms with Gasteiger partial charge in [0, 0.05) is 5.69 Å². The van der Waals surface area contributed by atoms with Gasteiger partial charge in [-0.2, -0.15) is 0 Å². The van der Waals surface area contributed by atoms with Crippen LogP contribution in [0, 0.1) is 12.7 Å². The van der Waals surface area contributed by atoms with Gasteiger partial charge in [-0.15, -0.1) is 0 Å². The summed E-state index contributed by atoms with van der Waals surface area (Å²) < 4.78 is 18.4. The van der Waals surface area contributed by atoms with Crippen molar-refractivity contribution >= 4 is 28.3 Å². The lowest BCUT2D eigenvalue weighted by Crippen LogP contribution is -2.21. The average molecular weight is 353 g/mol. The average Bonchev–Trinajstić information content (AvgIpc) is 2.62. The van der Waals surface area contributed by atoms with E-state index >= 15 is 0 Å². The Kier molecular flexibility index (Phi) is 4.84. The molecule has 3 aromatic rings. The zero-order valence-electron chi connectivity index (χ0n) is 14.0. The molecule has 0 aromatic heterocycles. The van der Waals surface area contributed by atoms with Crippen LogP contribution in [0.2, 0.25) is 0 Å². The number of fused-ring (bicyclic) bond motifs is 1. The van der Waals surface area contributed by atoms with Crippen molar-refractivity contribution in [2.75, 3.05) is 11.9 Å². The number of carbonyl (C=O) groups excluding carboxylic acids is 2. The maximum atomic E-state index is 13.5. The van der Waals surface area contributed by atoms with Crippen LogP contribution in [0.4, 0.5) is 10.1 Å². The number of halogens is 1. The number of benzene rings is 3. The van der Waals surface area contributed by atoms with Crippen LogP contribution in [0.5, 0.6) is 5.75 Å². The third-order valence-electron chi connectivity index (χ3n) is 3.87. The number of esters is 1. The van der Waals surface area contributed by atoms with E-state index in [0.717, 1.165) is 10.8 Å². The minimum absolute atomic E-state index is 0.0297. The van der Waals surface area contributed by atoms with Crippen molar-refractivity contribution in [1.82, 2.24) is 0 Å². The molecule has 3 rings (SSSR count). The lowest BCUT2D eigenvalue weighted by atomic mass is 10.1. The number of nitrogens with one attached hydrogen (secondary N) is 1. The Labute approximate surface area is 149 Å². The maximum Gasteiger partial charge on any atom is 0.342 e. The summed E-state index contributed by atoms with van der Waals surface area (Å²) in [6, 6.07) is 14.5. The van der Waals surface area contributed by atoms with Crippen LogP contribution in [-0.2, 0) is 9.53 Å². The van der Waals surface area contributed by atoms with Gasteiger partial charge in [0.1, 0.15) is 17.1 Å². The molecular weight excluding hydrogens is 337 g/mol. The Morgan fingerprint density at radius 3 is 2.46 bits per heavy atom. The molecule has 6 heteroatoms. The van der Waals surface area contributed by atoms with Gasteiger partial charge in [0.05, 0.1) is 0 Å². The van der Waals surface area contributed by atoms with Gasteiger partial charge >= 0.3 is 5.97 Å². The Balaban J connectivity index is 1.65. The van der Waals surface area contributed by atoms with Crippen molar-refractivity contribution in [3.05, 3.63) is 71.5 Å². The molecule has 3 aromatic carbocycles. The first-order valence-electron chi connectivity index (χ1n) is 7.89. The topological polar surface area (TPSA) is 75.6 Å². The number of phenolic OH excluding ortho intramolecular Hbond substituents is 1. The van der Waals surface area contributed by atoms with Crippen LogP contribution in [-0.4, -0.2) is 23.6 Å². The van der Waals surface area contributed by atoms with Gasteiger partial charge < -0.3 is 15.2 Å². The summed E-state index contributed by atoms with van der Waals surface area (Å²) in [5, 5.41) is 14.0. The fourth-order valence-electron chi connectivity index (χ4n) is 2.47. The molecule has 5 nitrogen and oxygen atoms in total. The molecular formula is C20H16FNO4. The Bertz CT molecular complexity index is 1000. The highest BCUT2D eigenvalue weighted by atomic mass is 19.1. The molecule has 0 unspecified atom stereocenters. The van der Waals surface area contributed by atoms with Crippen LogP contribution in [0.25, 0.3) is 10.8 Å². The minimum atomic E-state index is -0.821. The van der Waals surface area contributed by atoms with Crippen LogP contribution < -0.4 is 5.32 Å². The van der Waals surface area contributed by atoms with Crippen molar-refractivity contribution < 1.29 is 23.8 Å². The zero-order valence-corrected chi connectivity index (χ0v) is 14.0. The summed E-state index contributed by atoms with van der Waals surface area (Å²) in [7, 11) is 0. The van der Waals surface area contributed by atoms with Crippen LogP contribution >= 0.6 is 0 Å². The van der Waals surface area contributed by atoms with E-state index in [1.165, 1.54) is 24.3 Å². The van der Waals surface area contributed by atoms with Crippen molar-refractivity contribution in [3.63, 3.8) is 0 Å². The Hall–Kier alpha value is -3.41. The normalized spacial score (nSPS) is 10.5. The molecule has 0 bridgehead atoms. The molecule has 26 heavy (non-hydrogen) atoms. The van der Waals surface area contributed by atoms with E-state index in [1.54, 1.807) is 25.1 Å². The zero-order chi connectivity index (χ0) is 18.7. The van der Waals surface area contributed by atoms with Gasteiger partial charge in [-0.05, 0) is 47.5 Å². The highest BCUT2D eigenvalue weighted by Crippen LogP contribution is 2.25. The van der Waals surface area contributed by atoms with E-state index in [9.17, 15) is 19.1 Å². The smallest absolute Gasteiger partial charge is 0.342 e. The molecule has 0 radical (unpaired) electrons. The first-order chi connectivity index (χ1) is 12.4. The molecule has 0 spiro atoms. The largest absolute Gasteiger partial charge is 0.507 e.